The molecule has 6 nitrogen and oxygen atoms in total. The molecule has 4 aromatic carbocycles. The van der Waals surface area contributed by atoms with Crippen LogP contribution in [0.3, 0.4) is 0 Å². The van der Waals surface area contributed by atoms with Crippen LogP contribution in [0.15, 0.2) is 107 Å². The van der Waals surface area contributed by atoms with Gasteiger partial charge in [-0.05, 0) is 47.5 Å². The Labute approximate surface area is 222 Å². The minimum Gasteiger partial charge on any atom is -0.497 e. The Morgan fingerprint density at radius 3 is 1.18 bits per heavy atom. The van der Waals surface area contributed by atoms with Crippen molar-refractivity contribution in [1.82, 2.24) is 0 Å². The summed E-state index contributed by atoms with van der Waals surface area (Å²) in [5, 5.41) is 0. The van der Waals surface area contributed by atoms with Gasteiger partial charge in [-0.3, -0.25) is 0 Å². The van der Waals surface area contributed by atoms with Gasteiger partial charge in [0.05, 0.1) is 25.6 Å². The van der Waals surface area contributed by atoms with Gasteiger partial charge in [0.15, 0.2) is 0 Å². The Hall–Kier alpha value is -5.10. The molecule has 0 aromatic heterocycles. The molecule has 0 bridgehead atoms. The lowest BCUT2D eigenvalue weighted by atomic mass is 10.1. The monoisotopic (exact) mass is 500 g/mol. The highest BCUT2D eigenvalue weighted by molar-refractivity contribution is 6.12. The summed E-state index contributed by atoms with van der Waals surface area (Å²) < 4.78 is 10.3. The summed E-state index contributed by atoms with van der Waals surface area (Å²) in [6.07, 6.45) is 4.05. The summed E-state index contributed by atoms with van der Waals surface area (Å²) in [5.74, 6) is 2.85. The lowest BCUT2D eigenvalue weighted by Gasteiger charge is -2.01. The van der Waals surface area contributed by atoms with E-state index < -0.39 is 0 Å². The number of methoxy groups -OCH3 is 2. The van der Waals surface area contributed by atoms with Crippen molar-refractivity contribution in [3.63, 3.8) is 0 Å². The number of aliphatic imine (C=N–C) groups is 2. The topological polar surface area (TPSA) is 95.2 Å². The van der Waals surface area contributed by atoms with Gasteiger partial charge in [0.25, 0.3) is 0 Å². The summed E-state index contributed by atoms with van der Waals surface area (Å²) in [6, 6.07) is 31.7. The second kappa shape index (κ2) is 10.9. The van der Waals surface area contributed by atoms with Crippen molar-refractivity contribution in [2.24, 2.45) is 21.5 Å². The van der Waals surface area contributed by atoms with E-state index in [1.807, 2.05) is 109 Å². The number of benzene rings is 4. The Morgan fingerprint density at radius 1 is 0.500 bits per heavy atom. The van der Waals surface area contributed by atoms with Crippen LogP contribution < -0.4 is 20.9 Å². The van der Waals surface area contributed by atoms with E-state index in [4.69, 9.17) is 20.9 Å². The third-order valence-corrected chi connectivity index (χ3v) is 6.28. The molecule has 0 saturated carbocycles. The van der Waals surface area contributed by atoms with Crippen molar-refractivity contribution in [2.45, 2.75) is 0 Å². The lowest BCUT2D eigenvalue weighted by molar-refractivity contribution is 0.414. The first-order chi connectivity index (χ1) is 18.6. The summed E-state index contributed by atoms with van der Waals surface area (Å²) in [4.78, 5) is 8.84. The molecule has 6 rings (SSSR count). The van der Waals surface area contributed by atoms with E-state index in [1.165, 1.54) is 0 Å². The van der Waals surface area contributed by atoms with Crippen molar-refractivity contribution >= 4 is 35.2 Å². The Morgan fingerprint density at radius 2 is 0.842 bits per heavy atom. The fraction of sp³-hybridized carbons (Fsp3) is 0.0625. The van der Waals surface area contributed by atoms with Gasteiger partial charge in [0.1, 0.15) is 23.2 Å². The highest BCUT2D eigenvalue weighted by Crippen LogP contribution is 2.30. The maximum Gasteiger partial charge on any atom is 0.132 e. The number of nitrogens with zero attached hydrogens (tertiary/aromatic N) is 2. The van der Waals surface area contributed by atoms with Crippen LogP contribution in [0.1, 0.15) is 33.4 Å². The first kappa shape index (κ1) is 24.6. The summed E-state index contributed by atoms with van der Waals surface area (Å²) >= 11 is 0. The molecule has 4 N–H and O–H groups in total. The van der Waals surface area contributed by atoms with Gasteiger partial charge in [-0.25, -0.2) is 9.98 Å². The average molecular weight is 501 g/mol. The molecule has 2 heterocycles. The quantitative estimate of drug-likeness (QED) is 0.369. The highest BCUT2D eigenvalue weighted by Gasteiger charge is 2.17. The molecule has 188 valence electrons. The summed E-state index contributed by atoms with van der Waals surface area (Å²) in [7, 11) is 3.32. The van der Waals surface area contributed by atoms with E-state index in [0.29, 0.717) is 11.7 Å². The Balaban J connectivity index is 0.000000155. The smallest absolute Gasteiger partial charge is 0.132 e. The molecule has 0 amide bonds. The third kappa shape index (κ3) is 5.20. The average Bonchev–Trinajstić information content (AvgIpc) is 3.45. The predicted molar refractivity (Wildman–Crippen MR) is 156 cm³/mol. The number of hydrogen-bond donors (Lipinski definition) is 2. The third-order valence-electron chi connectivity index (χ3n) is 6.28. The van der Waals surface area contributed by atoms with Crippen LogP contribution in [0.25, 0.3) is 23.5 Å². The van der Waals surface area contributed by atoms with E-state index in [0.717, 1.165) is 56.3 Å². The molecule has 38 heavy (non-hydrogen) atoms. The van der Waals surface area contributed by atoms with E-state index in [1.54, 1.807) is 14.2 Å². The zero-order valence-corrected chi connectivity index (χ0v) is 21.3. The molecule has 2 aliphatic rings. The largest absolute Gasteiger partial charge is 0.497 e. The molecule has 0 spiro atoms. The van der Waals surface area contributed by atoms with E-state index >= 15 is 0 Å². The van der Waals surface area contributed by atoms with Crippen LogP contribution in [-0.4, -0.2) is 25.9 Å². The molecule has 2 aliphatic heterocycles. The molecular weight excluding hydrogens is 472 g/mol. The molecule has 0 unspecified atom stereocenters. The van der Waals surface area contributed by atoms with Gasteiger partial charge in [-0.15, -0.1) is 0 Å². The van der Waals surface area contributed by atoms with Crippen molar-refractivity contribution in [3.8, 4) is 11.5 Å². The SMILES string of the molecule is COc1ccc(/C=C2\N=C(N)c3ccccc32)cc1.COc1ccc(/C=C2\N=C(N)c3ccccc32)cc1. The lowest BCUT2D eigenvalue weighted by Crippen LogP contribution is -2.09. The number of ether oxygens (including phenoxy) is 2. The Kier molecular flexibility index (Phi) is 7.04. The van der Waals surface area contributed by atoms with E-state index in [9.17, 15) is 0 Å². The molecule has 4 aromatic rings. The van der Waals surface area contributed by atoms with Crippen molar-refractivity contribution in [1.29, 1.82) is 0 Å². The fourth-order valence-electron chi connectivity index (χ4n) is 4.30. The van der Waals surface area contributed by atoms with Crippen LogP contribution in [0.2, 0.25) is 0 Å². The van der Waals surface area contributed by atoms with Gasteiger partial charge in [0, 0.05) is 22.3 Å². The van der Waals surface area contributed by atoms with Crippen LogP contribution in [-0.2, 0) is 0 Å². The maximum absolute atomic E-state index is 5.93. The normalized spacial score (nSPS) is 15.2. The van der Waals surface area contributed by atoms with E-state index in [-0.39, 0.29) is 0 Å². The van der Waals surface area contributed by atoms with Gasteiger partial charge < -0.3 is 20.9 Å². The Bertz CT molecular complexity index is 1460. The first-order valence-electron chi connectivity index (χ1n) is 12.1. The zero-order chi connectivity index (χ0) is 26.5. The number of rotatable bonds is 4. The molecule has 0 aliphatic carbocycles. The van der Waals surface area contributed by atoms with Crippen LogP contribution in [0, 0.1) is 0 Å². The van der Waals surface area contributed by atoms with Gasteiger partial charge >= 0.3 is 0 Å². The molecule has 0 saturated heterocycles. The predicted octanol–water partition coefficient (Wildman–Crippen LogP) is 5.82. The number of fused-ring (bicyclic) bond motifs is 2. The standard InChI is InChI=1S/2C16H14N2O/c2*1-19-12-8-6-11(7-9-12)10-15-13-4-2-3-5-14(13)16(17)18-15/h2*2-10H,1H3,(H2,17,18)/b2*15-10-. The summed E-state index contributed by atoms with van der Waals surface area (Å²) in [5.41, 5.74) is 20.0. The minimum absolute atomic E-state index is 0.579. The molecular formula is C32H28N4O2. The minimum atomic E-state index is 0.579. The van der Waals surface area contributed by atoms with Crippen LogP contribution >= 0.6 is 0 Å². The second-order valence-electron chi connectivity index (χ2n) is 8.69. The van der Waals surface area contributed by atoms with Crippen LogP contribution in [0.4, 0.5) is 0 Å². The molecule has 0 fully saturated rings. The highest BCUT2D eigenvalue weighted by atomic mass is 16.5. The summed E-state index contributed by atoms with van der Waals surface area (Å²) in [6.45, 7) is 0. The van der Waals surface area contributed by atoms with Crippen molar-refractivity contribution in [3.05, 3.63) is 130 Å². The molecule has 0 atom stereocenters. The fourth-order valence-corrected chi connectivity index (χ4v) is 4.30. The van der Waals surface area contributed by atoms with E-state index in [2.05, 4.69) is 9.98 Å². The maximum atomic E-state index is 5.93. The van der Waals surface area contributed by atoms with Crippen molar-refractivity contribution in [2.75, 3.05) is 14.2 Å². The van der Waals surface area contributed by atoms with Gasteiger partial charge in [-0.1, -0.05) is 72.8 Å². The van der Waals surface area contributed by atoms with Crippen LogP contribution in [0.5, 0.6) is 11.5 Å². The first-order valence-corrected chi connectivity index (χ1v) is 12.1. The number of amidine groups is 2. The molecule has 6 heteroatoms. The van der Waals surface area contributed by atoms with Gasteiger partial charge in [0.2, 0.25) is 0 Å². The number of nitrogens with two attached hydrogens (primary N) is 2. The van der Waals surface area contributed by atoms with Gasteiger partial charge in [-0.2, -0.15) is 0 Å². The molecule has 0 radical (unpaired) electrons. The number of hydrogen-bond acceptors (Lipinski definition) is 6. The second-order valence-corrected chi connectivity index (χ2v) is 8.69. The van der Waals surface area contributed by atoms with Crippen molar-refractivity contribution < 1.29 is 9.47 Å². The zero-order valence-electron chi connectivity index (χ0n) is 21.3.